The SMILES string of the molecule is CCCOc1ccc(Oc2cc(N)nc(SC)n2)cc1. The number of ether oxygens (including phenoxy) is 2. The number of rotatable bonds is 6. The van der Waals surface area contributed by atoms with Crippen molar-refractivity contribution in [3.8, 4) is 17.4 Å². The van der Waals surface area contributed by atoms with E-state index in [0.29, 0.717) is 29.2 Å². The standard InChI is InChI=1S/C14H17N3O2S/c1-3-8-18-10-4-6-11(7-5-10)19-13-9-12(15)16-14(17-13)20-2/h4-7,9H,3,8H2,1-2H3,(H2,15,16,17). The molecule has 6 heteroatoms. The highest BCUT2D eigenvalue weighted by Crippen LogP contribution is 2.25. The second kappa shape index (κ2) is 7.00. The number of hydrogen-bond acceptors (Lipinski definition) is 6. The monoisotopic (exact) mass is 291 g/mol. The molecule has 2 rings (SSSR count). The molecule has 2 N–H and O–H groups in total. The minimum Gasteiger partial charge on any atom is -0.494 e. The van der Waals surface area contributed by atoms with E-state index in [4.69, 9.17) is 15.2 Å². The van der Waals surface area contributed by atoms with Crippen LogP contribution < -0.4 is 15.2 Å². The lowest BCUT2D eigenvalue weighted by atomic mass is 10.3. The summed E-state index contributed by atoms with van der Waals surface area (Å²) in [7, 11) is 0. The van der Waals surface area contributed by atoms with Crippen LogP contribution in [0.1, 0.15) is 13.3 Å². The van der Waals surface area contributed by atoms with Crippen molar-refractivity contribution < 1.29 is 9.47 Å². The summed E-state index contributed by atoms with van der Waals surface area (Å²) in [6, 6.07) is 9.00. The van der Waals surface area contributed by atoms with E-state index in [9.17, 15) is 0 Å². The first kappa shape index (κ1) is 14.5. The Kier molecular flexibility index (Phi) is 5.06. The maximum Gasteiger partial charge on any atom is 0.225 e. The summed E-state index contributed by atoms with van der Waals surface area (Å²) in [6.07, 6.45) is 2.87. The molecule has 0 saturated carbocycles. The van der Waals surface area contributed by atoms with Crippen LogP contribution in [0.3, 0.4) is 0 Å². The smallest absolute Gasteiger partial charge is 0.225 e. The lowest BCUT2D eigenvalue weighted by molar-refractivity contribution is 0.317. The van der Waals surface area contributed by atoms with Crippen LogP contribution in [0.5, 0.6) is 17.4 Å². The van der Waals surface area contributed by atoms with Crippen molar-refractivity contribution in [2.45, 2.75) is 18.5 Å². The summed E-state index contributed by atoms with van der Waals surface area (Å²) < 4.78 is 11.2. The van der Waals surface area contributed by atoms with E-state index in [1.807, 2.05) is 30.5 Å². The van der Waals surface area contributed by atoms with Crippen molar-refractivity contribution in [3.63, 3.8) is 0 Å². The van der Waals surface area contributed by atoms with Crippen LogP contribution in [0.15, 0.2) is 35.5 Å². The summed E-state index contributed by atoms with van der Waals surface area (Å²) in [5.74, 6) is 2.33. The molecule has 0 aliphatic heterocycles. The largest absolute Gasteiger partial charge is 0.494 e. The van der Waals surface area contributed by atoms with Gasteiger partial charge in [-0.05, 0) is 36.9 Å². The summed E-state index contributed by atoms with van der Waals surface area (Å²) in [6.45, 7) is 2.78. The maximum atomic E-state index is 5.70. The van der Waals surface area contributed by atoms with E-state index >= 15 is 0 Å². The van der Waals surface area contributed by atoms with E-state index in [0.717, 1.165) is 12.2 Å². The highest BCUT2D eigenvalue weighted by Gasteiger charge is 2.04. The lowest BCUT2D eigenvalue weighted by Crippen LogP contribution is -1.97. The molecular weight excluding hydrogens is 274 g/mol. The summed E-state index contributed by atoms with van der Waals surface area (Å²) in [4.78, 5) is 8.31. The van der Waals surface area contributed by atoms with Crippen LogP contribution >= 0.6 is 11.8 Å². The predicted octanol–water partition coefficient (Wildman–Crippen LogP) is 3.36. The molecule has 0 saturated heterocycles. The van der Waals surface area contributed by atoms with E-state index in [1.165, 1.54) is 11.8 Å². The number of aromatic nitrogens is 2. The zero-order valence-corrected chi connectivity index (χ0v) is 12.3. The van der Waals surface area contributed by atoms with E-state index in [1.54, 1.807) is 6.07 Å². The van der Waals surface area contributed by atoms with Crippen LogP contribution in [-0.4, -0.2) is 22.8 Å². The molecule has 0 unspecified atom stereocenters. The average Bonchev–Trinajstić information content (AvgIpc) is 2.46. The lowest BCUT2D eigenvalue weighted by Gasteiger charge is -2.08. The fraction of sp³-hybridized carbons (Fsp3) is 0.286. The van der Waals surface area contributed by atoms with Crippen molar-refractivity contribution in [1.29, 1.82) is 0 Å². The van der Waals surface area contributed by atoms with Crippen molar-refractivity contribution in [3.05, 3.63) is 30.3 Å². The van der Waals surface area contributed by atoms with Gasteiger partial charge in [-0.3, -0.25) is 0 Å². The Morgan fingerprint density at radius 2 is 1.85 bits per heavy atom. The number of benzene rings is 1. The second-order valence-corrected chi connectivity index (χ2v) is 4.81. The van der Waals surface area contributed by atoms with Crippen molar-refractivity contribution in [2.75, 3.05) is 18.6 Å². The molecule has 0 aliphatic rings. The third-order valence-electron chi connectivity index (χ3n) is 2.40. The third-order valence-corrected chi connectivity index (χ3v) is 2.95. The molecular formula is C14H17N3O2S. The molecule has 0 spiro atoms. The van der Waals surface area contributed by atoms with Crippen LogP contribution in [0.2, 0.25) is 0 Å². The summed E-state index contributed by atoms with van der Waals surface area (Å²) in [5.41, 5.74) is 5.70. The van der Waals surface area contributed by atoms with Gasteiger partial charge in [0.25, 0.3) is 0 Å². The van der Waals surface area contributed by atoms with E-state index in [-0.39, 0.29) is 0 Å². The predicted molar refractivity (Wildman–Crippen MR) is 80.5 cm³/mol. The van der Waals surface area contributed by atoms with Crippen molar-refractivity contribution in [1.82, 2.24) is 9.97 Å². The Labute approximate surface area is 122 Å². The van der Waals surface area contributed by atoms with Gasteiger partial charge < -0.3 is 15.2 Å². The molecule has 1 aromatic heterocycles. The Hall–Kier alpha value is -1.95. The Morgan fingerprint density at radius 1 is 1.15 bits per heavy atom. The van der Waals surface area contributed by atoms with Gasteiger partial charge in [0.1, 0.15) is 17.3 Å². The molecule has 1 heterocycles. The highest BCUT2D eigenvalue weighted by atomic mass is 32.2. The number of nitrogens with zero attached hydrogens (tertiary/aromatic N) is 2. The molecule has 5 nitrogen and oxygen atoms in total. The van der Waals surface area contributed by atoms with Gasteiger partial charge in [0, 0.05) is 6.07 Å². The van der Waals surface area contributed by atoms with Gasteiger partial charge >= 0.3 is 0 Å². The second-order valence-electron chi connectivity index (χ2n) is 4.04. The Bertz CT molecular complexity index is 561. The normalized spacial score (nSPS) is 10.3. The number of nitrogens with two attached hydrogens (primary N) is 1. The van der Waals surface area contributed by atoms with Gasteiger partial charge in [-0.25, -0.2) is 4.98 Å². The minimum absolute atomic E-state index is 0.391. The maximum absolute atomic E-state index is 5.70. The van der Waals surface area contributed by atoms with Crippen molar-refractivity contribution >= 4 is 17.6 Å². The van der Waals surface area contributed by atoms with Gasteiger partial charge in [-0.2, -0.15) is 4.98 Å². The fourth-order valence-electron chi connectivity index (χ4n) is 1.51. The Morgan fingerprint density at radius 3 is 2.50 bits per heavy atom. The number of thioether (sulfide) groups is 1. The fourth-order valence-corrected chi connectivity index (χ4v) is 1.89. The zero-order valence-electron chi connectivity index (χ0n) is 11.5. The number of anilines is 1. The van der Waals surface area contributed by atoms with Crippen LogP contribution in [0.4, 0.5) is 5.82 Å². The van der Waals surface area contributed by atoms with Crippen LogP contribution in [-0.2, 0) is 0 Å². The zero-order chi connectivity index (χ0) is 14.4. The van der Waals surface area contributed by atoms with Crippen molar-refractivity contribution in [2.24, 2.45) is 0 Å². The van der Waals surface area contributed by atoms with Gasteiger partial charge in [0.05, 0.1) is 6.61 Å². The number of hydrogen-bond donors (Lipinski definition) is 1. The third kappa shape index (κ3) is 4.03. The highest BCUT2D eigenvalue weighted by molar-refractivity contribution is 7.98. The van der Waals surface area contributed by atoms with E-state index < -0.39 is 0 Å². The molecule has 0 fully saturated rings. The van der Waals surface area contributed by atoms with Gasteiger partial charge in [-0.15, -0.1) is 0 Å². The molecule has 2 aromatic rings. The number of nitrogen functional groups attached to an aromatic ring is 1. The molecule has 20 heavy (non-hydrogen) atoms. The van der Waals surface area contributed by atoms with Crippen LogP contribution in [0, 0.1) is 0 Å². The molecule has 106 valence electrons. The molecule has 0 radical (unpaired) electrons. The first-order valence-corrected chi connectivity index (χ1v) is 7.53. The first-order chi connectivity index (χ1) is 9.71. The van der Waals surface area contributed by atoms with E-state index in [2.05, 4.69) is 16.9 Å². The molecule has 0 amide bonds. The quantitative estimate of drug-likeness (QED) is 0.650. The summed E-state index contributed by atoms with van der Waals surface area (Å²) in [5, 5.41) is 0.586. The molecule has 1 aromatic carbocycles. The molecule has 0 bridgehead atoms. The van der Waals surface area contributed by atoms with Gasteiger partial charge in [-0.1, -0.05) is 18.7 Å². The van der Waals surface area contributed by atoms with Gasteiger partial charge in [0.15, 0.2) is 5.16 Å². The topological polar surface area (TPSA) is 70.3 Å². The van der Waals surface area contributed by atoms with Gasteiger partial charge in [0.2, 0.25) is 5.88 Å². The minimum atomic E-state index is 0.391. The van der Waals surface area contributed by atoms with Crippen LogP contribution in [0.25, 0.3) is 0 Å². The Balaban J connectivity index is 2.07. The summed E-state index contributed by atoms with van der Waals surface area (Å²) >= 11 is 1.42. The molecule has 0 atom stereocenters. The molecule has 0 aliphatic carbocycles. The average molecular weight is 291 g/mol. The first-order valence-electron chi connectivity index (χ1n) is 6.30.